The number of hydrogen-bond acceptors (Lipinski definition) is 0. The molecule has 0 aromatic carbocycles. The zero-order chi connectivity index (χ0) is 9.68. The van der Waals surface area contributed by atoms with Crippen LogP contribution in [0.25, 0.3) is 0 Å². The van der Waals surface area contributed by atoms with Crippen LogP contribution in [0.3, 0.4) is 0 Å². The second-order valence-electron chi connectivity index (χ2n) is 3.30. The lowest BCUT2D eigenvalue weighted by atomic mass is 9.94. The maximum absolute atomic E-state index is 7.82. The summed E-state index contributed by atoms with van der Waals surface area (Å²) >= 11 is 0. The highest BCUT2D eigenvalue weighted by molar-refractivity contribution is 5.16. The van der Waals surface area contributed by atoms with Crippen molar-refractivity contribution in [3.63, 3.8) is 0 Å². The summed E-state index contributed by atoms with van der Waals surface area (Å²) in [6.45, 7) is 2.24. The molecule has 0 unspecified atom stereocenters. The van der Waals surface area contributed by atoms with Crippen molar-refractivity contribution in [2.75, 3.05) is 0 Å². The molecule has 0 aliphatic heterocycles. The van der Waals surface area contributed by atoms with Gasteiger partial charge in [0, 0.05) is 1.37 Å². The molecule has 62 valence electrons. The van der Waals surface area contributed by atoms with Gasteiger partial charge >= 0.3 is 0 Å². The Morgan fingerprint density at radius 2 is 2.18 bits per heavy atom. The van der Waals surface area contributed by atoms with Gasteiger partial charge in [0.15, 0.2) is 0 Å². The van der Waals surface area contributed by atoms with Crippen LogP contribution in [0.15, 0.2) is 23.3 Å². The van der Waals surface area contributed by atoms with E-state index in [1.54, 1.807) is 0 Å². The molecule has 0 aromatic heterocycles. The monoisotopic (exact) mass is 152 g/mol. The minimum absolute atomic E-state index is 0.315. The Morgan fingerprint density at radius 1 is 1.45 bits per heavy atom. The average Bonchev–Trinajstić information content (AvgIpc) is 2.19. The van der Waals surface area contributed by atoms with Crippen molar-refractivity contribution in [1.29, 1.82) is 0 Å². The molecule has 0 heterocycles. The fourth-order valence-electron chi connectivity index (χ4n) is 1.35. The van der Waals surface area contributed by atoms with Gasteiger partial charge in [-0.15, -0.1) is 0 Å². The minimum atomic E-state index is 0.315. The predicted molar refractivity (Wildman–Crippen MR) is 50.6 cm³/mol. The summed E-state index contributed by atoms with van der Waals surface area (Å²) < 4.78 is 15.0. The maximum atomic E-state index is 7.82. The summed E-state index contributed by atoms with van der Waals surface area (Å²) in [4.78, 5) is 0. The van der Waals surface area contributed by atoms with E-state index >= 15 is 0 Å². The molecule has 0 aromatic rings. The molecule has 0 amide bonds. The van der Waals surface area contributed by atoms with E-state index < -0.39 is 0 Å². The van der Waals surface area contributed by atoms with Gasteiger partial charge < -0.3 is 0 Å². The zero-order valence-corrected chi connectivity index (χ0v) is 7.32. The average molecular weight is 152 g/mol. The quantitative estimate of drug-likeness (QED) is 0.535. The maximum Gasteiger partial charge on any atom is 0.0622 e. The van der Waals surface area contributed by atoms with Crippen molar-refractivity contribution >= 4 is 0 Å². The first kappa shape index (κ1) is 6.05. The molecular formula is C11H18. The van der Waals surface area contributed by atoms with Crippen LogP contribution in [0, 0.1) is 0 Å². The molecule has 11 heavy (non-hydrogen) atoms. The number of allylic oxidation sites excluding steroid dienone is 4. The second-order valence-corrected chi connectivity index (χ2v) is 3.30. The van der Waals surface area contributed by atoms with Gasteiger partial charge in [-0.05, 0) is 39.5 Å². The van der Waals surface area contributed by atoms with Crippen molar-refractivity contribution in [2.24, 2.45) is 0 Å². The second kappa shape index (κ2) is 4.38. The highest BCUT2D eigenvalue weighted by Crippen LogP contribution is 2.22. The first-order valence-electron chi connectivity index (χ1n) is 5.60. The molecule has 0 spiro atoms. The van der Waals surface area contributed by atoms with Crippen LogP contribution in [0.4, 0.5) is 0 Å². The first-order valence-corrected chi connectivity index (χ1v) is 4.39. The van der Waals surface area contributed by atoms with Crippen LogP contribution in [-0.4, -0.2) is 0 Å². The molecule has 0 atom stereocenters. The van der Waals surface area contributed by atoms with E-state index in [-0.39, 0.29) is 0 Å². The fraction of sp³-hybridized carbons (Fsp3) is 0.636. The molecule has 1 fully saturated rings. The molecule has 0 nitrogen and oxygen atoms in total. The molecule has 0 N–H and O–H groups in total. The van der Waals surface area contributed by atoms with E-state index in [1.165, 1.54) is 24.8 Å². The van der Waals surface area contributed by atoms with Crippen LogP contribution in [0.5, 0.6) is 0 Å². The van der Waals surface area contributed by atoms with Crippen LogP contribution < -0.4 is 0 Å². The minimum Gasteiger partial charge on any atom is -0.0764 e. The van der Waals surface area contributed by atoms with E-state index in [0.29, 0.717) is 13.0 Å². The molecule has 0 heteroatoms. The van der Waals surface area contributed by atoms with Crippen LogP contribution in [0.2, 0.25) is 0 Å². The lowest BCUT2D eigenvalue weighted by molar-refractivity contribution is 0.599. The van der Waals surface area contributed by atoms with Gasteiger partial charge in [-0.2, -0.15) is 0 Å². The largest absolute Gasteiger partial charge is 0.0764 e. The SMILES string of the molecule is [2H]C/C(C)=C\C([2H])=C1CCCCC1. The third-order valence-electron chi connectivity index (χ3n) is 1.98. The molecule has 1 rings (SSSR count). The molecule has 1 aliphatic carbocycles. The highest BCUT2D eigenvalue weighted by Gasteiger charge is 2.02. The summed E-state index contributed by atoms with van der Waals surface area (Å²) in [5.41, 5.74) is 2.28. The van der Waals surface area contributed by atoms with E-state index in [4.69, 9.17) is 2.74 Å². The van der Waals surface area contributed by atoms with Crippen molar-refractivity contribution in [2.45, 2.75) is 45.9 Å². The van der Waals surface area contributed by atoms with Crippen molar-refractivity contribution in [3.8, 4) is 0 Å². The number of hydrogen-bond donors (Lipinski definition) is 0. The van der Waals surface area contributed by atoms with Gasteiger partial charge in [-0.1, -0.05) is 29.7 Å². The van der Waals surface area contributed by atoms with Gasteiger partial charge in [-0.25, -0.2) is 0 Å². The van der Waals surface area contributed by atoms with E-state index in [0.717, 1.165) is 18.4 Å². The standard InChI is InChI=1S/C11H18/c1-10(2)8-9-11-6-4-3-5-7-11/h8-9H,3-7H2,1-2H3/i1D,9D/b10-8+. The zero-order valence-electron chi connectivity index (χ0n) is 9.32. The molecule has 0 saturated heterocycles. The highest BCUT2D eigenvalue weighted by atomic mass is 14.1. The molecule has 0 bridgehead atoms. The fourth-order valence-corrected chi connectivity index (χ4v) is 1.35. The van der Waals surface area contributed by atoms with Gasteiger partial charge in [0.05, 0.1) is 1.37 Å². The Hall–Kier alpha value is -0.520. The molecule has 1 saturated carbocycles. The Balaban J connectivity index is 2.66. The van der Waals surface area contributed by atoms with Gasteiger partial charge in [-0.3, -0.25) is 0 Å². The Kier molecular flexibility index (Phi) is 2.41. The van der Waals surface area contributed by atoms with Gasteiger partial charge in [0.1, 0.15) is 0 Å². The van der Waals surface area contributed by atoms with Gasteiger partial charge in [0.2, 0.25) is 0 Å². The summed E-state index contributed by atoms with van der Waals surface area (Å²) in [6, 6.07) is 0.671. The Labute approximate surface area is 72.8 Å². The molecular weight excluding hydrogens is 132 g/mol. The normalized spacial score (nSPS) is 22.6. The molecule has 0 radical (unpaired) electrons. The first-order chi connectivity index (χ1) is 6.24. The molecule has 1 aliphatic rings. The third-order valence-corrected chi connectivity index (χ3v) is 1.98. The number of rotatable bonds is 1. The summed E-state index contributed by atoms with van der Waals surface area (Å²) in [7, 11) is 0. The topological polar surface area (TPSA) is 0 Å². The summed E-state index contributed by atoms with van der Waals surface area (Å²) in [5.74, 6) is 0. The Bertz CT molecular complexity index is 218. The Morgan fingerprint density at radius 3 is 2.82 bits per heavy atom. The predicted octanol–water partition coefficient (Wildman–Crippen LogP) is 3.84. The van der Waals surface area contributed by atoms with Crippen LogP contribution in [0.1, 0.15) is 48.7 Å². The summed E-state index contributed by atoms with van der Waals surface area (Å²) in [5, 5.41) is 0. The lowest BCUT2D eigenvalue weighted by Gasteiger charge is -2.12. The summed E-state index contributed by atoms with van der Waals surface area (Å²) in [6.07, 6.45) is 7.85. The van der Waals surface area contributed by atoms with Crippen molar-refractivity contribution in [1.82, 2.24) is 0 Å². The van der Waals surface area contributed by atoms with E-state index in [9.17, 15) is 0 Å². The van der Waals surface area contributed by atoms with Crippen LogP contribution in [-0.2, 0) is 0 Å². The van der Waals surface area contributed by atoms with Gasteiger partial charge in [0.25, 0.3) is 0 Å². The van der Waals surface area contributed by atoms with E-state index in [1.807, 2.05) is 13.0 Å². The van der Waals surface area contributed by atoms with Crippen molar-refractivity contribution < 1.29 is 2.74 Å². The lowest BCUT2D eigenvalue weighted by Crippen LogP contribution is -1.92. The van der Waals surface area contributed by atoms with Crippen molar-refractivity contribution in [3.05, 3.63) is 23.3 Å². The third kappa shape index (κ3) is 3.41. The van der Waals surface area contributed by atoms with E-state index in [2.05, 4.69) is 0 Å². The van der Waals surface area contributed by atoms with Crippen LogP contribution >= 0.6 is 0 Å². The smallest absolute Gasteiger partial charge is 0.0622 e.